The fourth-order valence-corrected chi connectivity index (χ4v) is 5.44. The molecule has 0 N–H and O–H groups in total. The van der Waals surface area contributed by atoms with Crippen molar-refractivity contribution in [2.45, 2.75) is 0 Å². The smallest absolute Gasteiger partial charge is 0.164 e. The van der Waals surface area contributed by atoms with E-state index in [4.69, 9.17) is 19.4 Å². The van der Waals surface area contributed by atoms with Crippen LogP contribution in [0, 0.1) is 0 Å². The molecule has 0 amide bonds. The molecule has 5 aromatic carbocycles. The third kappa shape index (κ3) is 4.03. The zero-order valence-corrected chi connectivity index (χ0v) is 21.9. The maximum atomic E-state index is 6.10. The van der Waals surface area contributed by atoms with Gasteiger partial charge >= 0.3 is 0 Å². The van der Waals surface area contributed by atoms with Gasteiger partial charge in [0.2, 0.25) is 0 Å². The van der Waals surface area contributed by atoms with Crippen molar-refractivity contribution in [3.05, 3.63) is 134 Å². The summed E-state index contributed by atoms with van der Waals surface area (Å²) in [7, 11) is 0. The number of hydrogen-bond acceptors (Lipinski definition) is 5. The summed E-state index contributed by atoms with van der Waals surface area (Å²) >= 11 is 0. The molecular formula is C36H22N4O. The summed E-state index contributed by atoms with van der Waals surface area (Å²) in [5.74, 6) is 1.79. The van der Waals surface area contributed by atoms with Gasteiger partial charge in [0.1, 0.15) is 11.1 Å². The molecule has 0 saturated carbocycles. The van der Waals surface area contributed by atoms with Gasteiger partial charge in [0.15, 0.2) is 23.1 Å². The third-order valence-corrected chi connectivity index (χ3v) is 7.41. The van der Waals surface area contributed by atoms with Gasteiger partial charge in [-0.05, 0) is 40.1 Å². The summed E-state index contributed by atoms with van der Waals surface area (Å²) in [4.78, 5) is 19.5. The zero-order chi connectivity index (χ0) is 27.2. The van der Waals surface area contributed by atoms with Crippen molar-refractivity contribution in [3.63, 3.8) is 0 Å². The van der Waals surface area contributed by atoms with E-state index in [9.17, 15) is 0 Å². The van der Waals surface area contributed by atoms with Crippen molar-refractivity contribution in [2.24, 2.45) is 0 Å². The highest BCUT2D eigenvalue weighted by molar-refractivity contribution is 6.09. The fraction of sp³-hybridized carbons (Fsp3) is 0. The second kappa shape index (κ2) is 9.50. The van der Waals surface area contributed by atoms with E-state index < -0.39 is 0 Å². The summed E-state index contributed by atoms with van der Waals surface area (Å²) < 4.78 is 6.10. The van der Waals surface area contributed by atoms with Crippen LogP contribution in [-0.2, 0) is 0 Å². The van der Waals surface area contributed by atoms with Gasteiger partial charge < -0.3 is 4.42 Å². The summed E-state index contributed by atoms with van der Waals surface area (Å²) in [5, 5.41) is 3.34. The number of aromatic nitrogens is 4. The van der Waals surface area contributed by atoms with Crippen LogP contribution in [0.3, 0.4) is 0 Å². The topological polar surface area (TPSA) is 64.7 Å². The van der Waals surface area contributed by atoms with Gasteiger partial charge in [-0.1, -0.05) is 109 Å². The molecule has 0 fully saturated rings. The van der Waals surface area contributed by atoms with Gasteiger partial charge in [-0.2, -0.15) is 0 Å². The minimum atomic E-state index is 0.575. The number of fused-ring (bicyclic) bond motifs is 4. The second-order valence-electron chi connectivity index (χ2n) is 9.91. The first-order chi connectivity index (χ1) is 20.3. The number of pyridine rings is 1. The maximum Gasteiger partial charge on any atom is 0.164 e. The molecule has 0 aliphatic heterocycles. The van der Waals surface area contributed by atoms with Crippen LogP contribution in [0.4, 0.5) is 0 Å². The van der Waals surface area contributed by atoms with Crippen LogP contribution in [0.25, 0.3) is 78.1 Å². The highest BCUT2D eigenvalue weighted by atomic mass is 16.3. The van der Waals surface area contributed by atoms with Gasteiger partial charge in [-0.15, -0.1) is 0 Å². The number of furan rings is 1. The summed E-state index contributed by atoms with van der Waals surface area (Å²) in [6.07, 6.45) is 1.78. The van der Waals surface area contributed by atoms with Crippen LogP contribution in [0.2, 0.25) is 0 Å². The highest BCUT2D eigenvalue weighted by Gasteiger charge is 2.18. The van der Waals surface area contributed by atoms with Crippen molar-refractivity contribution in [1.82, 2.24) is 19.9 Å². The standard InChI is InChI=1S/C36H22N4O/c1-2-10-25(11-3-1)34-38-35(26-20-18-24(19-21-26)28-14-6-12-23-9-4-5-13-27(23)28)40-36(39-34)29-15-7-16-30-32(29)33-31(41-30)17-8-22-37-33/h1-22H. The van der Waals surface area contributed by atoms with Gasteiger partial charge in [0.05, 0.1) is 5.39 Å². The van der Waals surface area contributed by atoms with Crippen LogP contribution in [-0.4, -0.2) is 19.9 Å². The Morgan fingerprint density at radius 2 is 1.07 bits per heavy atom. The Morgan fingerprint density at radius 1 is 0.439 bits per heavy atom. The molecule has 0 bridgehead atoms. The normalized spacial score (nSPS) is 11.4. The van der Waals surface area contributed by atoms with E-state index in [0.29, 0.717) is 17.5 Å². The van der Waals surface area contributed by atoms with E-state index >= 15 is 0 Å². The molecule has 0 unspecified atom stereocenters. The van der Waals surface area contributed by atoms with E-state index in [0.717, 1.165) is 44.3 Å². The summed E-state index contributed by atoms with van der Waals surface area (Å²) in [6.45, 7) is 0. The molecule has 8 rings (SSSR count). The first kappa shape index (κ1) is 23.2. The monoisotopic (exact) mass is 526 g/mol. The Bertz CT molecular complexity index is 2200. The van der Waals surface area contributed by atoms with E-state index in [1.54, 1.807) is 6.20 Å². The zero-order valence-electron chi connectivity index (χ0n) is 21.9. The molecule has 192 valence electrons. The molecule has 5 heteroatoms. The van der Waals surface area contributed by atoms with E-state index in [-0.39, 0.29) is 0 Å². The molecule has 0 aliphatic carbocycles. The number of rotatable bonds is 4. The van der Waals surface area contributed by atoms with Crippen LogP contribution in [0.15, 0.2) is 138 Å². The molecular weight excluding hydrogens is 504 g/mol. The van der Waals surface area contributed by atoms with Gasteiger partial charge in [-0.3, -0.25) is 4.98 Å². The molecule has 41 heavy (non-hydrogen) atoms. The second-order valence-corrected chi connectivity index (χ2v) is 9.91. The molecule has 3 heterocycles. The fourth-order valence-electron chi connectivity index (χ4n) is 5.44. The average Bonchev–Trinajstić information content (AvgIpc) is 3.44. The number of hydrogen-bond donors (Lipinski definition) is 0. The Balaban J connectivity index is 1.30. The number of nitrogens with zero attached hydrogens (tertiary/aromatic N) is 4. The molecule has 0 saturated heterocycles. The third-order valence-electron chi connectivity index (χ3n) is 7.41. The first-order valence-electron chi connectivity index (χ1n) is 13.5. The lowest BCUT2D eigenvalue weighted by atomic mass is 9.97. The minimum Gasteiger partial charge on any atom is -0.454 e. The quantitative estimate of drug-likeness (QED) is 0.229. The lowest BCUT2D eigenvalue weighted by Gasteiger charge is -2.10. The maximum absolute atomic E-state index is 6.10. The lowest BCUT2D eigenvalue weighted by molar-refractivity contribution is 0.668. The molecule has 0 spiro atoms. The molecule has 0 aliphatic rings. The predicted octanol–water partition coefficient (Wildman–Crippen LogP) is 8.99. The lowest BCUT2D eigenvalue weighted by Crippen LogP contribution is -2.00. The predicted molar refractivity (Wildman–Crippen MR) is 164 cm³/mol. The van der Waals surface area contributed by atoms with Crippen LogP contribution in [0.1, 0.15) is 0 Å². The van der Waals surface area contributed by atoms with Crippen molar-refractivity contribution in [3.8, 4) is 45.3 Å². The Labute approximate surface area is 235 Å². The summed E-state index contributed by atoms with van der Waals surface area (Å²) in [6, 6.07) is 43.0. The van der Waals surface area contributed by atoms with Gasteiger partial charge in [0, 0.05) is 22.9 Å². The van der Waals surface area contributed by atoms with E-state index in [1.165, 1.54) is 16.3 Å². The van der Waals surface area contributed by atoms with E-state index in [1.807, 2.05) is 60.7 Å². The first-order valence-corrected chi connectivity index (χ1v) is 13.5. The molecule has 8 aromatic rings. The molecule has 3 aromatic heterocycles. The van der Waals surface area contributed by atoms with Crippen molar-refractivity contribution in [2.75, 3.05) is 0 Å². The van der Waals surface area contributed by atoms with Crippen LogP contribution < -0.4 is 0 Å². The Hall–Kier alpha value is -5.68. The Morgan fingerprint density at radius 3 is 1.93 bits per heavy atom. The Kier molecular flexibility index (Phi) is 5.38. The largest absolute Gasteiger partial charge is 0.454 e. The van der Waals surface area contributed by atoms with E-state index in [2.05, 4.69) is 71.7 Å². The highest BCUT2D eigenvalue weighted by Crippen LogP contribution is 2.36. The molecule has 0 radical (unpaired) electrons. The van der Waals surface area contributed by atoms with Gasteiger partial charge in [-0.25, -0.2) is 15.0 Å². The number of benzene rings is 5. The van der Waals surface area contributed by atoms with Crippen LogP contribution in [0.5, 0.6) is 0 Å². The minimum absolute atomic E-state index is 0.575. The van der Waals surface area contributed by atoms with Crippen LogP contribution >= 0.6 is 0 Å². The van der Waals surface area contributed by atoms with Gasteiger partial charge in [0.25, 0.3) is 0 Å². The van der Waals surface area contributed by atoms with Crippen molar-refractivity contribution >= 4 is 32.8 Å². The van der Waals surface area contributed by atoms with Crippen molar-refractivity contribution < 1.29 is 4.42 Å². The summed E-state index contributed by atoms with van der Waals surface area (Å²) in [5.41, 5.74) is 7.31. The van der Waals surface area contributed by atoms with Crippen molar-refractivity contribution in [1.29, 1.82) is 0 Å². The average molecular weight is 527 g/mol. The molecule has 0 atom stereocenters. The molecule has 5 nitrogen and oxygen atoms in total. The SMILES string of the molecule is c1ccc(-c2nc(-c3ccc(-c4cccc5ccccc45)cc3)nc(-c3cccc4oc5cccnc5c34)n2)cc1.